The first kappa shape index (κ1) is 15.7. The van der Waals surface area contributed by atoms with Crippen molar-refractivity contribution in [2.75, 3.05) is 0 Å². The summed E-state index contributed by atoms with van der Waals surface area (Å²) in [5.74, 6) is -1.77. The number of aliphatic carboxylic acids is 1. The van der Waals surface area contributed by atoms with Crippen LogP contribution in [0.25, 0.3) is 0 Å². The van der Waals surface area contributed by atoms with E-state index in [0.717, 1.165) is 0 Å². The smallest absolute Gasteiger partial charge is 0.326 e. The molecule has 6 heteroatoms. The molecular weight excluding hydrogens is 260 g/mol. The minimum absolute atomic E-state index is 0.150. The van der Waals surface area contributed by atoms with Crippen molar-refractivity contribution < 1.29 is 19.5 Å². The van der Waals surface area contributed by atoms with Gasteiger partial charge in [-0.25, -0.2) is 4.79 Å². The highest BCUT2D eigenvalue weighted by Crippen LogP contribution is 2.09. The molecule has 1 heterocycles. The maximum atomic E-state index is 12.0. The second-order valence-electron chi connectivity index (χ2n) is 4.45. The lowest BCUT2D eigenvalue weighted by Crippen LogP contribution is -2.41. The van der Waals surface area contributed by atoms with E-state index in [2.05, 4.69) is 5.32 Å². The number of aryl methyl sites for hydroxylation is 1. The number of carboxylic acid groups (broad SMARTS) is 1. The molecule has 1 aromatic rings. The topological polar surface area (TPSA) is 88.4 Å². The van der Waals surface area contributed by atoms with E-state index in [1.165, 1.54) is 17.6 Å². The number of aromatic nitrogens is 1. The minimum atomic E-state index is -1.10. The van der Waals surface area contributed by atoms with Crippen LogP contribution in [-0.2, 0) is 11.8 Å². The number of nitrogens with zero attached hydrogens (tertiary/aromatic N) is 1. The van der Waals surface area contributed by atoms with Crippen molar-refractivity contribution in [3.8, 4) is 0 Å². The summed E-state index contributed by atoms with van der Waals surface area (Å²) < 4.78 is 1.50. The fraction of sp³-hybridized carbons (Fsp3) is 0.357. The van der Waals surface area contributed by atoms with Crippen molar-refractivity contribution in [2.45, 2.75) is 26.3 Å². The van der Waals surface area contributed by atoms with E-state index in [1.807, 2.05) is 0 Å². The summed E-state index contributed by atoms with van der Waals surface area (Å²) in [5, 5.41) is 11.5. The molecule has 0 aliphatic heterocycles. The van der Waals surface area contributed by atoms with E-state index >= 15 is 0 Å². The Hall–Kier alpha value is -2.37. The van der Waals surface area contributed by atoms with Gasteiger partial charge in [-0.1, -0.05) is 12.2 Å². The molecule has 1 atom stereocenters. The molecule has 0 fully saturated rings. The first-order valence-corrected chi connectivity index (χ1v) is 6.19. The predicted molar refractivity (Wildman–Crippen MR) is 73.7 cm³/mol. The highest BCUT2D eigenvalue weighted by atomic mass is 16.4. The van der Waals surface area contributed by atoms with Crippen molar-refractivity contribution in [3.63, 3.8) is 0 Å². The molecule has 0 saturated carbocycles. The number of Topliss-reactive ketones (excluding diaryl/α,β-unsaturated/α-hetero) is 1. The van der Waals surface area contributed by atoms with Crippen LogP contribution in [0.5, 0.6) is 0 Å². The van der Waals surface area contributed by atoms with E-state index in [4.69, 9.17) is 5.11 Å². The molecule has 6 nitrogen and oxygen atoms in total. The number of hydrogen-bond acceptors (Lipinski definition) is 3. The average Bonchev–Trinajstić information content (AvgIpc) is 2.76. The molecule has 0 bridgehead atoms. The molecule has 0 aliphatic rings. The van der Waals surface area contributed by atoms with Crippen molar-refractivity contribution in [1.29, 1.82) is 0 Å². The van der Waals surface area contributed by atoms with E-state index in [0.29, 0.717) is 5.56 Å². The zero-order valence-corrected chi connectivity index (χ0v) is 11.7. The summed E-state index contributed by atoms with van der Waals surface area (Å²) in [4.78, 5) is 34.4. The minimum Gasteiger partial charge on any atom is -0.480 e. The van der Waals surface area contributed by atoms with Crippen LogP contribution in [0.4, 0.5) is 0 Å². The van der Waals surface area contributed by atoms with Crippen LogP contribution in [0, 0.1) is 0 Å². The van der Waals surface area contributed by atoms with Gasteiger partial charge in [0.2, 0.25) is 0 Å². The number of ketones is 1. The number of carbonyl (C=O) groups is 3. The number of rotatable bonds is 6. The molecule has 1 unspecified atom stereocenters. The molecule has 1 aromatic heterocycles. The van der Waals surface area contributed by atoms with Crippen molar-refractivity contribution in [2.24, 2.45) is 7.05 Å². The number of carbonyl (C=O) groups excluding carboxylic acids is 2. The Morgan fingerprint density at radius 3 is 2.55 bits per heavy atom. The number of amides is 1. The van der Waals surface area contributed by atoms with Crippen molar-refractivity contribution >= 4 is 17.7 Å². The van der Waals surface area contributed by atoms with E-state index in [-0.39, 0.29) is 17.9 Å². The average molecular weight is 278 g/mol. The molecule has 1 amide bonds. The summed E-state index contributed by atoms with van der Waals surface area (Å²) >= 11 is 0. The quantitative estimate of drug-likeness (QED) is 0.607. The van der Waals surface area contributed by atoms with Crippen LogP contribution in [0.15, 0.2) is 24.4 Å². The molecule has 0 spiro atoms. The molecule has 0 aromatic carbocycles. The van der Waals surface area contributed by atoms with Crippen LogP contribution < -0.4 is 5.32 Å². The first-order chi connectivity index (χ1) is 9.36. The van der Waals surface area contributed by atoms with E-state index in [9.17, 15) is 14.4 Å². The van der Waals surface area contributed by atoms with Gasteiger partial charge in [0.15, 0.2) is 5.78 Å². The first-order valence-electron chi connectivity index (χ1n) is 6.19. The molecule has 1 rings (SSSR count). The Morgan fingerprint density at radius 1 is 1.45 bits per heavy atom. The lowest BCUT2D eigenvalue weighted by molar-refractivity contribution is -0.139. The molecule has 0 radical (unpaired) electrons. The van der Waals surface area contributed by atoms with Crippen LogP contribution in [-0.4, -0.2) is 33.4 Å². The van der Waals surface area contributed by atoms with Crippen LogP contribution in [0.2, 0.25) is 0 Å². The van der Waals surface area contributed by atoms with Gasteiger partial charge in [0, 0.05) is 18.8 Å². The molecule has 2 N–H and O–H groups in total. The molecule has 20 heavy (non-hydrogen) atoms. The van der Waals surface area contributed by atoms with E-state index in [1.54, 1.807) is 32.3 Å². The van der Waals surface area contributed by atoms with Gasteiger partial charge in [-0.05, 0) is 26.3 Å². The summed E-state index contributed by atoms with van der Waals surface area (Å²) in [5.41, 5.74) is 0.667. The van der Waals surface area contributed by atoms with E-state index < -0.39 is 17.9 Å². The fourth-order valence-corrected chi connectivity index (χ4v) is 1.71. The second-order valence-corrected chi connectivity index (χ2v) is 4.45. The Labute approximate surface area is 117 Å². The third-order valence-corrected chi connectivity index (χ3v) is 2.86. The monoisotopic (exact) mass is 278 g/mol. The Morgan fingerprint density at radius 2 is 2.10 bits per heavy atom. The Balaban J connectivity index is 2.88. The van der Waals surface area contributed by atoms with Gasteiger partial charge in [0.25, 0.3) is 5.91 Å². The molecule has 0 aliphatic carbocycles. The fourth-order valence-electron chi connectivity index (χ4n) is 1.71. The highest BCUT2D eigenvalue weighted by molar-refractivity contribution is 6.00. The van der Waals surface area contributed by atoms with Gasteiger partial charge in [-0.2, -0.15) is 0 Å². The third kappa shape index (κ3) is 3.81. The molecule has 108 valence electrons. The Bertz CT molecular complexity index is 558. The zero-order valence-electron chi connectivity index (χ0n) is 11.7. The second kappa shape index (κ2) is 6.70. The van der Waals surface area contributed by atoms with Gasteiger partial charge in [-0.15, -0.1) is 0 Å². The number of hydrogen-bond donors (Lipinski definition) is 2. The summed E-state index contributed by atoms with van der Waals surface area (Å²) in [6.07, 6.45) is 5.14. The Kier molecular flexibility index (Phi) is 5.25. The van der Waals surface area contributed by atoms with Gasteiger partial charge < -0.3 is 15.0 Å². The lowest BCUT2D eigenvalue weighted by atomic mass is 10.2. The standard InChI is InChI=1S/C14H18N2O4/c1-4-5-6-11(14(19)20)15-13(18)12-7-10(9(2)17)8-16(12)3/h4-5,7-8,11H,6H2,1-3H3,(H,15,18)(H,19,20)/b5-4+. The normalized spacial score (nSPS) is 12.3. The predicted octanol–water partition coefficient (Wildman–Crippen LogP) is 1.38. The van der Waals surface area contributed by atoms with Crippen LogP contribution in [0.1, 0.15) is 41.1 Å². The largest absolute Gasteiger partial charge is 0.480 e. The van der Waals surface area contributed by atoms with Crippen molar-refractivity contribution in [1.82, 2.24) is 9.88 Å². The third-order valence-electron chi connectivity index (χ3n) is 2.86. The van der Waals surface area contributed by atoms with Crippen molar-refractivity contribution in [3.05, 3.63) is 35.7 Å². The van der Waals surface area contributed by atoms with Gasteiger partial charge in [0.05, 0.1) is 0 Å². The molecular formula is C14H18N2O4. The number of carboxylic acids is 1. The molecule has 0 saturated heterocycles. The zero-order chi connectivity index (χ0) is 15.3. The lowest BCUT2D eigenvalue weighted by Gasteiger charge is -2.12. The maximum absolute atomic E-state index is 12.0. The van der Waals surface area contributed by atoms with Gasteiger partial charge in [0.1, 0.15) is 11.7 Å². The van der Waals surface area contributed by atoms with Gasteiger partial charge in [-0.3, -0.25) is 9.59 Å². The summed E-state index contributed by atoms with van der Waals surface area (Å²) in [6.45, 7) is 3.18. The SMILES string of the molecule is C/C=C/CC(NC(=O)c1cc(C(C)=O)cn1C)C(=O)O. The van der Waals surface area contributed by atoms with Gasteiger partial charge >= 0.3 is 5.97 Å². The summed E-state index contributed by atoms with van der Waals surface area (Å²) in [7, 11) is 1.63. The van der Waals surface area contributed by atoms with Crippen LogP contribution in [0.3, 0.4) is 0 Å². The van der Waals surface area contributed by atoms with Crippen LogP contribution >= 0.6 is 0 Å². The maximum Gasteiger partial charge on any atom is 0.326 e. The number of nitrogens with one attached hydrogen (secondary N) is 1. The number of allylic oxidation sites excluding steroid dienone is 1. The summed E-state index contributed by atoms with van der Waals surface area (Å²) in [6, 6.07) is 0.459. The highest BCUT2D eigenvalue weighted by Gasteiger charge is 2.21.